The Hall–Kier alpha value is -0.167. The average Bonchev–Trinajstić information content (AvgIpc) is 1.86. The number of imidazole rings is 1. The van der Waals surface area contributed by atoms with Crippen molar-refractivity contribution in [3.8, 4) is 0 Å². The van der Waals surface area contributed by atoms with Gasteiger partial charge in [0, 0.05) is 38.9 Å². The molecule has 2 nitrogen and oxygen atoms in total. The van der Waals surface area contributed by atoms with Crippen molar-refractivity contribution >= 4 is 0 Å². The molecule has 1 aromatic heterocycles. The molecule has 7 heavy (non-hydrogen) atoms. The van der Waals surface area contributed by atoms with E-state index >= 15 is 0 Å². The number of aromatic nitrogens is 2. The molecule has 0 spiro atoms. The predicted octanol–water partition coefficient (Wildman–Crippen LogP) is 0.418. The molecule has 0 aliphatic heterocycles. The summed E-state index contributed by atoms with van der Waals surface area (Å²) < 4.78 is 1.89. The smallest absolute Gasteiger partial charge is 0.0943 e. The van der Waals surface area contributed by atoms with Gasteiger partial charge in [-0.05, 0) is 0 Å². The second-order valence-corrected chi connectivity index (χ2v) is 1.23. The van der Waals surface area contributed by atoms with Crippen LogP contribution in [-0.4, -0.2) is 9.55 Å². The molecule has 0 N–H and O–H groups in total. The number of hydrogen-bond donors (Lipinski definition) is 0. The molecular weight excluding hydrogens is 141 g/mol. The maximum absolute atomic E-state index is 3.78. The minimum atomic E-state index is 0. The maximum Gasteiger partial charge on any atom is 0.0943 e. The largest absolute Gasteiger partial charge is 0.341 e. The summed E-state index contributed by atoms with van der Waals surface area (Å²) in [5.74, 6) is 0. The van der Waals surface area contributed by atoms with Gasteiger partial charge in [0.2, 0.25) is 0 Å². The first-order chi connectivity index (χ1) is 2.89. The minimum absolute atomic E-state index is 0. The molecule has 0 aromatic carbocycles. The van der Waals surface area contributed by atoms with Crippen LogP contribution in [0.1, 0.15) is 0 Å². The Balaban J connectivity index is 0.000000360. The van der Waals surface area contributed by atoms with Gasteiger partial charge in [0.15, 0.2) is 0 Å². The van der Waals surface area contributed by atoms with E-state index in [1.807, 2.05) is 17.8 Å². The summed E-state index contributed by atoms with van der Waals surface area (Å²) in [7, 11) is 1.94. The summed E-state index contributed by atoms with van der Waals surface area (Å²) in [4.78, 5) is 3.78. The van der Waals surface area contributed by atoms with E-state index in [2.05, 4.69) is 4.98 Å². The molecule has 0 aliphatic rings. The summed E-state index contributed by atoms with van der Waals surface area (Å²) in [6, 6.07) is 0. The normalized spacial score (nSPS) is 7.57. The van der Waals surface area contributed by atoms with Gasteiger partial charge in [0.25, 0.3) is 0 Å². The second kappa shape index (κ2) is 2.92. The number of rotatable bonds is 0. The Morgan fingerprint density at radius 1 is 1.57 bits per heavy atom. The van der Waals surface area contributed by atoms with Crippen molar-refractivity contribution < 1.29 is 19.5 Å². The van der Waals surface area contributed by atoms with Crippen molar-refractivity contribution in [1.29, 1.82) is 0 Å². The zero-order valence-corrected chi connectivity index (χ0v) is 7.30. The molecule has 0 radical (unpaired) electrons. The van der Waals surface area contributed by atoms with Gasteiger partial charge in [-0.3, -0.25) is 0 Å². The molecule has 0 amide bonds. The van der Waals surface area contributed by atoms with Gasteiger partial charge in [-0.15, -0.1) is 0 Å². The first kappa shape index (κ1) is 6.83. The molecular formula is C4H6N2Zn. The summed E-state index contributed by atoms with van der Waals surface area (Å²) in [5.41, 5.74) is 0. The Bertz CT molecular complexity index is 113. The summed E-state index contributed by atoms with van der Waals surface area (Å²) >= 11 is 0. The van der Waals surface area contributed by atoms with Gasteiger partial charge in [-0.1, -0.05) is 0 Å². The molecule has 1 heterocycles. The monoisotopic (exact) mass is 146 g/mol. The summed E-state index contributed by atoms with van der Waals surface area (Å²) in [6.07, 6.45) is 5.39. The second-order valence-electron chi connectivity index (χ2n) is 1.23. The molecule has 0 fully saturated rings. The van der Waals surface area contributed by atoms with E-state index in [1.54, 1.807) is 12.5 Å². The topological polar surface area (TPSA) is 17.8 Å². The zero-order chi connectivity index (χ0) is 4.41. The molecule has 0 aliphatic carbocycles. The molecule has 0 bridgehead atoms. The molecule has 0 unspecified atom stereocenters. The zero-order valence-electron chi connectivity index (χ0n) is 4.33. The van der Waals surface area contributed by atoms with E-state index in [0.29, 0.717) is 0 Å². The SMILES string of the molecule is Cn1ccnc1.[Zn]. The van der Waals surface area contributed by atoms with Crippen LogP contribution in [0.25, 0.3) is 0 Å². The van der Waals surface area contributed by atoms with Gasteiger partial charge in [0.05, 0.1) is 6.33 Å². The molecule has 1 aromatic rings. The van der Waals surface area contributed by atoms with Crippen LogP contribution in [0.3, 0.4) is 0 Å². The van der Waals surface area contributed by atoms with Crippen LogP contribution in [0, 0.1) is 0 Å². The number of aryl methyl sites for hydroxylation is 1. The van der Waals surface area contributed by atoms with Gasteiger partial charge in [-0.25, -0.2) is 4.98 Å². The minimum Gasteiger partial charge on any atom is -0.341 e. The average molecular weight is 147 g/mol. The van der Waals surface area contributed by atoms with E-state index < -0.39 is 0 Å². The third-order valence-corrected chi connectivity index (χ3v) is 0.637. The fourth-order valence-corrected chi connectivity index (χ4v) is 0.326. The van der Waals surface area contributed by atoms with Crippen LogP contribution in [0.2, 0.25) is 0 Å². The summed E-state index contributed by atoms with van der Waals surface area (Å²) in [6.45, 7) is 0. The van der Waals surface area contributed by atoms with Crippen LogP contribution < -0.4 is 0 Å². The van der Waals surface area contributed by atoms with E-state index in [-0.39, 0.29) is 19.5 Å². The third kappa shape index (κ3) is 1.84. The Morgan fingerprint density at radius 2 is 2.29 bits per heavy atom. The molecule has 1 rings (SSSR count). The van der Waals surface area contributed by atoms with E-state index in [4.69, 9.17) is 0 Å². The quantitative estimate of drug-likeness (QED) is 0.487. The van der Waals surface area contributed by atoms with Crippen molar-refractivity contribution in [3.63, 3.8) is 0 Å². The summed E-state index contributed by atoms with van der Waals surface area (Å²) in [5, 5.41) is 0. The van der Waals surface area contributed by atoms with Crippen LogP contribution in [0.15, 0.2) is 18.7 Å². The van der Waals surface area contributed by atoms with E-state index in [1.165, 1.54) is 0 Å². The standard InChI is InChI=1S/C4H6N2.Zn/c1-6-3-2-5-4-6;/h2-4H,1H3;. The molecule has 0 saturated heterocycles. The van der Waals surface area contributed by atoms with Crippen LogP contribution >= 0.6 is 0 Å². The van der Waals surface area contributed by atoms with Gasteiger partial charge < -0.3 is 4.57 Å². The maximum atomic E-state index is 3.78. The van der Waals surface area contributed by atoms with Gasteiger partial charge in [-0.2, -0.15) is 0 Å². The predicted molar refractivity (Wildman–Crippen MR) is 23.2 cm³/mol. The van der Waals surface area contributed by atoms with Crippen molar-refractivity contribution in [1.82, 2.24) is 9.55 Å². The van der Waals surface area contributed by atoms with Gasteiger partial charge >= 0.3 is 0 Å². The van der Waals surface area contributed by atoms with Crippen molar-refractivity contribution in [3.05, 3.63) is 18.7 Å². The fraction of sp³-hybridized carbons (Fsp3) is 0.250. The van der Waals surface area contributed by atoms with Gasteiger partial charge in [0.1, 0.15) is 0 Å². The molecule has 34 valence electrons. The Kier molecular flexibility index (Phi) is 2.85. The molecule has 0 atom stereocenters. The molecule has 3 heteroatoms. The third-order valence-electron chi connectivity index (χ3n) is 0.637. The van der Waals surface area contributed by atoms with E-state index in [9.17, 15) is 0 Å². The first-order valence-electron chi connectivity index (χ1n) is 1.81. The molecule has 0 saturated carbocycles. The van der Waals surface area contributed by atoms with Crippen molar-refractivity contribution in [2.24, 2.45) is 7.05 Å². The van der Waals surface area contributed by atoms with Crippen LogP contribution in [-0.2, 0) is 26.5 Å². The number of hydrogen-bond acceptors (Lipinski definition) is 1. The van der Waals surface area contributed by atoms with Crippen molar-refractivity contribution in [2.45, 2.75) is 0 Å². The first-order valence-corrected chi connectivity index (χ1v) is 1.81. The number of nitrogens with zero attached hydrogens (tertiary/aromatic N) is 2. The Labute approximate surface area is 55.3 Å². The van der Waals surface area contributed by atoms with Crippen LogP contribution in [0.5, 0.6) is 0 Å². The fourth-order valence-electron chi connectivity index (χ4n) is 0.326. The van der Waals surface area contributed by atoms with Crippen molar-refractivity contribution in [2.75, 3.05) is 0 Å². The van der Waals surface area contributed by atoms with E-state index in [0.717, 1.165) is 0 Å². The van der Waals surface area contributed by atoms with Crippen LogP contribution in [0.4, 0.5) is 0 Å². The Morgan fingerprint density at radius 3 is 2.43 bits per heavy atom.